The Morgan fingerprint density at radius 1 is 1.06 bits per heavy atom. The summed E-state index contributed by atoms with van der Waals surface area (Å²) in [5.41, 5.74) is 2.07. The molecule has 1 N–H and O–H groups in total. The Morgan fingerprint density at radius 2 is 1.74 bits per heavy atom. The molecule has 0 spiro atoms. The molecule has 1 amide bonds. The second-order valence-corrected chi connectivity index (χ2v) is 7.78. The topological polar surface area (TPSA) is 77.8 Å². The molecule has 1 aliphatic rings. The van der Waals surface area contributed by atoms with Crippen LogP contribution in [0.3, 0.4) is 0 Å². The first-order chi connectivity index (χ1) is 16.5. The van der Waals surface area contributed by atoms with Gasteiger partial charge in [-0.1, -0.05) is 6.07 Å². The Hall–Kier alpha value is -3.73. The number of rotatable bonds is 10. The van der Waals surface area contributed by atoms with Gasteiger partial charge in [0.25, 0.3) is 5.91 Å². The van der Waals surface area contributed by atoms with E-state index < -0.39 is 0 Å². The van der Waals surface area contributed by atoms with Crippen LogP contribution in [-0.4, -0.2) is 56.7 Å². The van der Waals surface area contributed by atoms with Gasteiger partial charge in [-0.05, 0) is 62.2 Å². The molecule has 0 bridgehead atoms. The average Bonchev–Trinajstić information content (AvgIpc) is 2.86. The normalized spacial score (nSPS) is 13.9. The summed E-state index contributed by atoms with van der Waals surface area (Å²) < 4.78 is 24.4. The number of ether oxygens (including phenoxy) is 2. The van der Waals surface area contributed by atoms with Crippen LogP contribution in [-0.2, 0) is 11.2 Å². The van der Waals surface area contributed by atoms with Crippen molar-refractivity contribution < 1.29 is 18.7 Å². The minimum absolute atomic E-state index is 0.0805. The van der Waals surface area contributed by atoms with Gasteiger partial charge in [-0.3, -0.25) is 4.79 Å². The molecule has 2 aromatic carbocycles. The van der Waals surface area contributed by atoms with Gasteiger partial charge in [0, 0.05) is 44.6 Å². The number of nitrogens with zero attached hydrogens (tertiary/aromatic N) is 3. The monoisotopic (exact) mass is 466 g/mol. The maximum Gasteiger partial charge on any atom is 0.266 e. The summed E-state index contributed by atoms with van der Waals surface area (Å²) in [6.45, 7) is 7.80. The van der Waals surface area contributed by atoms with Crippen LogP contribution < -0.4 is 19.7 Å². The third kappa shape index (κ3) is 6.64. The van der Waals surface area contributed by atoms with E-state index in [1.807, 2.05) is 38.1 Å². The maximum atomic E-state index is 13.1. The fourth-order valence-corrected chi connectivity index (χ4v) is 3.77. The van der Waals surface area contributed by atoms with E-state index in [1.54, 1.807) is 17.0 Å². The summed E-state index contributed by atoms with van der Waals surface area (Å²) in [5.74, 6) is 0.877. The van der Waals surface area contributed by atoms with Crippen molar-refractivity contribution in [1.82, 2.24) is 10.2 Å². The molecule has 0 saturated carbocycles. The molecule has 180 valence electrons. The molecule has 1 saturated heterocycles. The molecule has 0 aliphatic carbocycles. The number of halogens is 1. The van der Waals surface area contributed by atoms with Crippen molar-refractivity contribution in [2.75, 3.05) is 50.8 Å². The molecular formula is C26H31FN4O3. The molecule has 1 fully saturated rings. The Labute approximate surface area is 200 Å². The Balaban J connectivity index is 1.50. The van der Waals surface area contributed by atoms with E-state index in [0.29, 0.717) is 58.1 Å². The smallest absolute Gasteiger partial charge is 0.266 e. The van der Waals surface area contributed by atoms with Gasteiger partial charge in [0.15, 0.2) is 11.5 Å². The average molecular weight is 467 g/mol. The number of hydrogen-bond acceptors (Lipinski definition) is 6. The zero-order valence-electron chi connectivity index (χ0n) is 19.7. The predicted molar refractivity (Wildman–Crippen MR) is 129 cm³/mol. The van der Waals surface area contributed by atoms with Crippen molar-refractivity contribution in [2.24, 2.45) is 0 Å². The second kappa shape index (κ2) is 12.5. The van der Waals surface area contributed by atoms with Gasteiger partial charge in [-0.15, -0.1) is 0 Å². The van der Waals surface area contributed by atoms with Crippen LogP contribution in [0.15, 0.2) is 54.2 Å². The number of piperazine rings is 1. The van der Waals surface area contributed by atoms with Gasteiger partial charge in [0.2, 0.25) is 0 Å². The van der Waals surface area contributed by atoms with E-state index in [-0.39, 0.29) is 17.3 Å². The molecule has 1 aliphatic heterocycles. The van der Waals surface area contributed by atoms with Crippen LogP contribution in [0.5, 0.6) is 11.5 Å². The van der Waals surface area contributed by atoms with E-state index in [1.165, 1.54) is 18.3 Å². The molecular weight excluding hydrogens is 435 g/mol. The number of hydrogen-bond donors (Lipinski definition) is 1. The molecule has 34 heavy (non-hydrogen) atoms. The van der Waals surface area contributed by atoms with E-state index in [2.05, 4.69) is 10.2 Å². The predicted octanol–water partition coefficient (Wildman–Crippen LogP) is 3.51. The first kappa shape index (κ1) is 24.9. The highest BCUT2D eigenvalue weighted by Crippen LogP contribution is 2.28. The third-order valence-corrected chi connectivity index (χ3v) is 5.52. The number of amides is 1. The Bertz CT molecular complexity index is 1030. The summed E-state index contributed by atoms with van der Waals surface area (Å²) in [6.07, 6.45) is 2.19. The van der Waals surface area contributed by atoms with Crippen molar-refractivity contribution in [3.05, 3.63) is 65.6 Å². The highest BCUT2D eigenvalue weighted by molar-refractivity contribution is 5.97. The largest absolute Gasteiger partial charge is 0.490 e. The standard InChI is InChI=1S/C26H31FN4O3/c1-3-33-24-10-5-20(17-25(24)34-4-2)11-12-29-19-21(18-28)26(32)31-15-13-30(14-16-31)23-8-6-22(27)7-9-23/h5-10,17,19,29H,3-4,11-16H2,1-2H3/b21-19-. The first-order valence-electron chi connectivity index (χ1n) is 11.6. The summed E-state index contributed by atoms with van der Waals surface area (Å²) in [5, 5.41) is 12.6. The van der Waals surface area contributed by atoms with Crippen molar-refractivity contribution in [3.63, 3.8) is 0 Å². The number of carbonyl (C=O) groups is 1. The zero-order chi connectivity index (χ0) is 24.3. The summed E-state index contributed by atoms with van der Waals surface area (Å²) in [4.78, 5) is 16.6. The molecule has 8 heteroatoms. The molecule has 3 rings (SSSR count). The van der Waals surface area contributed by atoms with Crippen LogP contribution >= 0.6 is 0 Å². The molecule has 2 aromatic rings. The third-order valence-electron chi connectivity index (χ3n) is 5.52. The summed E-state index contributed by atoms with van der Waals surface area (Å²) >= 11 is 0. The van der Waals surface area contributed by atoms with E-state index >= 15 is 0 Å². The quantitative estimate of drug-likeness (QED) is 0.328. The zero-order valence-corrected chi connectivity index (χ0v) is 19.7. The molecule has 1 heterocycles. The highest BCUT2D eigenvalue weighted by atomic mass is 19.1. The summed E-state index contributed by atoms with van der Waals surface area (Å²) in [7, 11) is 0. The van der Waals surface area contributed by atoms with Gasteiger partial charge in [-0.2, -0.15) is 5.26 Å². The van der Waals surface area contributed by atoms with E-state index in [9.17, 15) is 14.4 Å². The van der Waals surface area contributed by atoms with Gasteiger partial charge in [-0.25, -0.2) is 4.39 Å². The van der Waals surface area contributed by atoms with Gasteiger partial charge in [0.05, 0.1) is 13.2 Å². The molecule has 0 radical (unpaired) electrons. The maximum absolute atomic E-state index is 13.1. The van der Waals surface area contributed by atoms with Gasteiger partial charge in [0.1, 0.15) is 17.5 Å². The number of anilines is 1. The van der Waals surface area contributed by atoms with E-state index in [4.69, 9.17) is 9.47 Å². The lowest BCUT2D eigenvalue weighted by Gasteiger charge is -2.36. The van der Waals surface area contributed by atoms with Crippen LogP contribution in [0.25, 0.3) is 0 Å². The summed E-state index contributed by atoms with van der Waals surface area (Å²) in [6, 6.07) is 14.2. The Morgan fingerprint density at radius 3 is 2.38 bits per heavy atom. The lowest BCUT2D eigenvalue weighted by atomic mass is 10.1. The van der Waals surface area contributed by atoms with Crippen LogP contribution in [0.4, 0.5) is 10.1 Å². The fourth-order valence-electron chi connectivity index (χ4n) is 3.77. The lowest BCUT2D eigenvalue weighted by Crippen LogP contribution is -2.49. The van der Waals surface area contributed by atoms with Gasteiger partial charge >= 0.3 is 0 Å². The van der Waals surface area contributed by atoms with Crippen LogP contribution in [0.2, 0.25) is 0 Å². The van der Waals surface area contributed by atoms with Crippen molar-refractivity contribution >= 4 is 11.6 Å². The Kier molecular flexibility index (Phi) is 9.15. The minimum Gasteiger partial charge on any atom is -0.490 e. The van der Waals surface area contributed by atoms with Crippen LogP contribution in [0.1, 0.15) is 19.4 Å². The second-order valence-electron chi connectivity index (χ2n) is 7.78. The fraction of sp³-hybridized carbons (Fsp3) is 0.385. The van der Waals surface area contributed by atoms with Crippen LogP contribution in [0, 0.1) is 17.1 Å². The number of nitrogens with one attached hydrogen (secondary N) is 1. The molecule has 7 nitrogen and oxygen atoms in total. The molecule has 0 unspecified atom stereocenters. The van der Waals surface area contributed by atoms with E-state index in [0.717, 1.165) is 17.0 Å². The SMILES string of the molecule is CCOc1ccc(CCN/C=C(/C#N)C(=O)N2CCN(c3ccc(F)cc3)CC2)cc1OCC. The van der Waals surface area contributed by atoms with Crippen molar-refractivity contribution in [2.45, 2.75) is 20.3 Å². The minimum atomic E-state index is -0.284. The lowest BCUT2D eigenvalue weighted by molar-refractivity contribution is -0.127. The number of carbonyl (C=O) groups excluding carboxylic acids is 1. The first-order valence-corrected chi connectivity index (χ1v) is 11.6. The number of nitriles is 1. The highest BCUT2D eigenvalue weighted by Gasteiger charge is 2.23. The van der Waals surface area contributed by atoms with Crippen molar-refractivity contribution in [1.29, 1.82) is 5.26 Å². The van der Waals surface area contributed by atoms with Crippen molar-refractivity contribution in [3.8, 4) is 17.6 Å². The molecule has 0 aromatic heterocycles. The number of benzene rings is 2. The molecule has 0 atom stereocenters. The van der Waals surface area contributed by atoms with Gasteiger partial charge < -0.3 is 24.6 Å².